The van der Waals surface area contributed by atoms with Crippen molar-refractivity contribution in [1.29, 1.82) is 5.26 Å². The highest BCUT2D eigenvalue weighted by Crippen LogP contribution is 2.38. The average molecular weight is 298 g/mol. The molecule has 0 atom stereocenters. The molecule has 1 aliphatic heterocycles. The van der Waals surface area contributed by atoms with Crippen molar-refractivity contribution in [3.63, 3.8) is 0 Å². The number of hydrogen-bond acceptors (Lipinski definition) is 4. The molecular weight excluding hydrogens is 275 g/mol. The van der Waals surface area contributed by atoms with Gasteiger partial charge in [0, 0.05) is 6.54 Å². The van der Waals surface area contributed by atoms with Crippen LogP contribution >= 0.6 is 0 Å². The lowest BCUT2D eigenvalue weighted by Crippen LogP contribution is -2.41. The van der Waals surface area contributed by atoms with Gasteiger partial charge < -0.3 is 14.6 Å². The number of nitriles is 1. The van der Waals surface area contributed by atoms with Gasteiger partial charge in [0.15, 0.2) is 0 Å². The maximum absolute atomic E-state index is 9.02. The molecule has 5 heteroatoms. The molecule has 0 saturated carbocycles. The lowest BCUT2D eigenvalue weighted by Gasteiger charge is -2.32. The van der Waals surface area contributed by atoms with Crippen molar-refractivity contribution in [3.05, 3.63) is 40.9 Å². The molecule has 1 fully saturated rings. The molecule has 1 saturated heterocycles. The minimum absolute atomic E-state index is 0.362. The summed E-state index contributed by atoms with van der Waals surface area (Å²) in [6.45, 7) is 8.83. The summed E-state index contributed by atoms with van der Waals surface area (Å²) in [5.74, 6) is 0. The van der Waals surface area contributed by atoms with Crippen LogP contribution in [0.1, 0.15) is 38.8 Å². The Bertz CT molecular complexity index is 601. The van der Waals surface area contributed by atoms with E-state index >= 15 is 0 Å². The highest BCUT2D eigenvalue weighted by molar-refractivity contribution is 6.55. The van der Waals surface area contributed by atoms with Gasteiger partial charge in [-0.1, -0.05) is 18.2 Å². The van der Waals surface area contributed by atoms with Crippen LogP contribution in [-0.4, -0.2) is 31.9 Å². The molecule has 116 valence electrons. The van der Waals surface area contributed by atoms with Gasteiger partial charge in [-0.2, -0.15) is 5.26 Å². The van der Waals surface area contributed by atoms with E-state index in [0.717, 1.165) is 11.0 Å². The third-order valence-electron chi connectivity index (χ3n) is 4.30. The lowest BCUT2D eigenvalue weighted by atomic mass is 9.77. The fourth-order valence-corrected chi connectivity index (χ4v) is 2.31. The van der Waals surface area contributed by atoms with E-state index in [1.165, 1.54) is 0 Å². The van der Waals surface area contributed by atoms with Gasteiger partial charge in [0.05, 0.1) is 22.8 Å². The smallest absolute Gasteiger partial charge is 0.400 e. The zero-order chi connectivity index (χ0) is 16.4. The van der Waals surface area contributed by atoms with Crippen molar-refractivity contribution < 1.29 is 9.31 Å². The van der Waals surface area contributed by atoms with Crippen LogP contribution in [0, 0.1) is 11.3 Å². The summed E-state index contributed by atoms with van der Waals surface area (Å²) in [5.41, 5.74) is 1.90. The number of benzene rings is 1. The number of nitrogens with one attached hydrogen (secondary N) is 1. The molecule has 2 rings (SSSR count). The highest BCUT2D eigenvalue weighted by Gasteiger charge is 2.52. The van der Waals surface area contributed by atoms with Gasteiger partial charge in [0.25, 0.3) is 0 Å². The van der Waals surface area contributed by atoms with Crippen molar-refractivity contribution in [2.24, 2.45) is 0 Å². The van der Waals surface area contributed by atoms with Gasteiger partial charge in [-0.05, 0) is 57.9 Å². The molecule has 1 heterocycles. The minimum atomic E-state index is -0.386. The van der Waals surface area contributed by atoms with Crippen LogP contribution in [-0.2, 0) is 9.31 Å². The normalized spacial score (nSPS) is 20.0. The summed E-state index contributed by atoms with van der Waals surface area (Å²) in [4.78, 5) is 0. The quantitative estimate of drug-likeness (QED) is 0.868. The molecule has 1 aliphatic rings. The third kappa shape index (κ3) is 3.41. The minimum Gasteiger partial charge on any atom is -0.400 e. The van der Waals surface area contributed by atoms with Crippen molar-refractivity contribution in [2.45, 2.75) is 38.9 Å². The monoisotopic (exact) mass is 298 g/mol. The second-order valence-electron chi connectivity index (χ2n) is 6.58. The SMILES string of the molecule is CNCC(=Cc1cccc(C#N)c1)B1OC(C)(C)C(C)(C)O1. The molecule has 0 aromatic heterocycles. The van der Waals surface area contributed by atoms with Gasteiger partial charge >= 0.3 is 7.12 Å². The van der Waals surface area contributed by atoms with Crippen molar-refractivity contribution in [2.75, 3.05) is 13.6 Å². The summed E-state index contributed by atoms with van der Waals surface area (Å²) >= 11 is 0. The maximum Gasteiger partial charge on any atom is 0.491 e. The van der Waals surface area contributed by atoms with Crippen molar-refractivity contribution in [1.82, 2.24) is 5.32 Å². The Morgan fingerprint density at radius 3 is 2.45 bits per heavy atom. The van der Waals surface area contributed by atoms with Crippen LogP contribution in [0.2, 0.25) is 0 Å². The Morgan fingerprint density at radius 2 is 1.91 bits per heavy atom. The Morgan fingerprint density at radius 1 is 1.27 bits per heavy atom. The van der Waals surface area contributed by atoms with Crippen LogP contribution in [0.15, 0.2) is 29.7 Å². The molecule has 1 N–H and O–H groups in total. The first-order valence-electron chi connectivity index (χ1n) is 7.50. The van der Waals surface area contributed by atoms with E-state index in [-0.39, 0.29) is 18.3 Å². The molecule has 0 bridgehead atoms. The second-order valence-corrected chi connectivity index (χ2v) is 6.58. The molecule has 1 aromatic carbocycles. The summed E-state index contributed by atoms with van der Waals surface area (Å²) < 4.78 is 12.2. The lowest BCUT2D eigenvalue weighted by molar-refractivity contribution is 0.00578. The number of nitrogens with zero attached hydrogens (tertiary/aromatic N) is 1. The number of hydrogen-bond donors (Lipinski definition) is 1. The summed E-state index contributed by atoms with van der Waals surface area (Å²) in [5, 5.41) is 12.2. The predicted molar refractivity (Wildman–Crippen MR) is 89.1 cm³/mol. The summed E-state index contributed by atoms with van der Waals surface area (Å²) in [6.07, 6.45) is 2.03. The fourth-order valence-electron chi connectivity index (χ4n) is 2.31. The zero-order valence-electron chi connectivity index (χ0n) is 13.9. The largest absolute Gasteiger partial charge is 0.491 e. The maximum atomic E-state index is 9.02. The van der Waals surface area contributed by atoms with Gasteiger partial charge in [-0.15, -0.1) is 0 Å². The standard InChI is InChI=1S/C17H23BN2O2/c1-16(2)17(3,4)22-18(21-16)15(12-20-5)10-13-7-6-8-14(9-13)11-19/h6-10,20H,12H2,1-5H3. The molecule has 1 aromatic rings. The number of likely N-dealkylation sites (N-methyl/N-ethyl adjacent to an activating group) is 1. The predicted octanol–water partition coefficient (Wildman–Crippen LogP) is 2.79. The van der Waals surface area contributed by atoms with Gasteiger partial charge in [0.2, 0.25) is 0 Å². The van der Waals surface area contributed by atoms with Gasteiger partial charge in [-0.25, -0.2) is 0 Å². The number of rotatable bonds is 4. The summed E-state index contributed by atoms with van der Waals surface area (Å²) in [7, 11) is 1.51. The van der Waals surface area contributed by atoms with Crippen molar-refractivity contribution >= 4 is 13.2 Å². The van der Waals surface area contributed by atoms with Crippen LogP contribution in [0.5, 0.6) is 0 Å². The van der Waals surface area contributed by atoms with Crippen LogP contribution < -0.4 is 5.32 Å². The first-order chi connectivity index (χ1) is 10.3. The molecule has 4 nitrogen and oxygen atoms in total. The molecule has 0 aliphatic carbocycles. The molecule has 0 spiro atoms. The Balaban J connectivity index is 2.31. The van der Waals surface area contributed by atoms with Crippen LogP contribution in [0.3, 0.4) is 0 Å². The average Bonchev–Trinajstić information content (AvgIpc) is 2.67. The molecule has 0 radical (unpaired) electrons. The molecule has 22 heavy (non-hydrogen) atoms. The fraction of sp³-hybridized carbons (Fsp3) is 0.471. The summed E-state index contributed by atoms with van der Waals surface area (Å²) in [6, 6.07) is 9.67. The Hall–Kier alpha value is -1.61. The Kier molecular flexibility index (Phi) is 4.76. The van der Waals surface area contributed by atoms with E-state index < -0.39 is 0 Å². The van der Waals surface area contributed by atoms with Crippen LogP contribution in [0.4, 0.5) is 0 Å². The first-order valence-corrected chi connectivity index (χ1v) is 7.50. The Labute approximate surface area is 133 Å². The first kappa shape index (κ1) is 16.8. The van der Waals surface area contributed by atoms with Crippen molar-refractivity contribution in [3.8, 4) is 6.07 Å². The van der Waals surface area contributed by atoms with E-state index in [0.29, 0.717) is 12.1 Å². The molecule has 0 unspecified atom stereocenters. The van der Waals surface area contributed by atoms with Gasteiger partial charge in [0.1, 0.15) is 0 Å². The topological polar surface area (TPSA) is 54.3 Å². The highest BCUT2D eigenvalue weighted by atomic mass is 16.7. The van der Waals surface area contributed by atoms with E-state index in [1.54, 1.807) is 6.07 Å². The second kappa shape index (κ2) is 6.25. The van der Waals surface area contributed by atoms with Crippen LogP contribution in [0.25, 0.3) is 6.08 Å². The van der Waals surface area contributed by atoms with E-state index in [4.69, 9.17) is 14.6 Å². The third-order valence-corrected chi connectivity index (χ3v) is 4.30. The molecule has 0 amide bonds. The molecular formula is C17H23BN2O2. The van der Waals surface area contributed by atoms with E-state index in [9.17, 15) is 0 Å². The van der Waals surface area contributed by atoms with Gasteiger partial charge in [-0.3, -0.25) is 0 Å². The van der Waals surface area contributed by atoms with E-state index in [1.807, 2.05) is 59.0 Å². The zero-order valence-corrected chi connectivity index (χ0v) is 13.9. The van der Waals surface area contributed by atoms with E-state index in [2.05, 4.69) is 11.4 Å².